The van der Waals surface area contributed by atoms with Crippen LogP contribution in [0.1, 0.15) is 20.3 Å². The summed E-state index contributed by atoms with van der Waals surface area (Å²) in [6.07, 6.45) is 0.802. The van der Waals surface area contributed by atoms with E-state index in [0.29, 0.717) is 18.9 Å². The summed E-state index contributed by atoms with van der Waals surface area (Å²) in [7, 11) is 0. The van der Waals surface area contributed by atoms with Crippen molar-refractivity contribution in [1.29, 1.82) is 0 Å². The van der Waals surface area contributed by atoms with E-state index >= 15 is 0 Å². The van der Waals surface area contributed by atoms with Crippen LogP contribution in [0.25, 0.3) is 0 Å². The van der Waals surface area contributed by atoms with Gasteiger partial charge in [0.1, 0.15) is 0 Å². The third kappa shape index (κ3) is 3.92. The van der Waals surface area contributed by atoms with E-state index < -0.39 is 4.92 Å². The summed E-state index contributed by atoms with van der Waals surface area (Å²) >= 11 is 0. The van der Waals surface area contributed by atoms with Gasteiger partial charge in [0, 0.05) is 6.07 Å². The molecule has 0 aliphatic carbocycles. The van der Waals surface area contributed by atoms with Crippen molar-refractivity contribution >= 4 is 11.4 Å². The fraction of sp³-hybridized carbons (Fsp3) is 0.455. The molecule has 0 heterocycles. The van der Waals surface area contributed by atoms with Crippen LogP contribution in [0.2, 0.25) is 0 Å². The van der Waals surface area contributed by atoms with E-state index in [1.807, 2.05) is 13.8 Å². The topological polar surface area (TPSA) is 73.6 Å². The third-order valence-corrected chi connectivity index (χ3v) is 1.95. The number of nitrogens with zero attached hydrogens (tertiary/aromatic N) is 1. The number of nitro groups is 1. The van der Waals surface area contributed by atoms with Crippen molar-refractivity contribution in [2.45, 2.75) is 20.3 Å². The van der Waals surface area contributed by atoms with Crippen LogP contribution in [-0.2, 0) is 4.84 Å². The molecule has 0 aliphatic rings. The van der Waals surface area contributed by atoms with Crippen LogP contribution in [0.15, 0.2) is 18.2 Å². The first-order valence-electron chi connectivity index (χ1n) is 5.48. The van der Waals surface area contributed by atoms with Crippen LogP contribution in [-0.4, -0.2) is 18.1 Å². The summed E-state index contributed by atoms with van der Waals surface area (Å²) in [5, 5.41) is 10.9. The van der Waals surface area contributed by atoms with Crippen molar-refractivity contribution in [3.05, 3.63) is 28.3 Å². The molecule has 0 spiro atoms. The molecule has 94 valence electrons. The van der Waals surface area contributed by atoms with Gasteiger partial charge in [0.2, 0.25) is 0 Å². The van der Waals surface area contributed by atoms with E-state index in [-0.39, 0.29) is 11.4 Å². The van der Waals surface area contributed by atoms with E-state index in [1.54, 1.807) is 12.1 Å². The Kier molecular flexibility index (Phi) is 5.22. The monoisotopic (exact) mass is 240 g/mol. The van der Waals surface area contributed by atoms with Gasteiger partial charge < -0.3 is 4.74 Å². The Bertz CT molecular complexity index is 382. The van der Waals surface area contributed by atoms with Crippen molar-refractivity contribution < 1.29 is 14.5 Å². The van der Waals surface area contributed by atoms with Crippen LogP contribution in [0.4, 0.5) is 11.4 Å². The summed E-state index contributed by atoms with van der Waals surface area (Å²) in [6.45, 7) is 4.69. The Balaban J connectivity index is 2.87. The lowest BCUT2D eigenvalue weighted by Crippen LogP contribution is -2.03. The van der Waals surface area contributed by atoms with Gasteiger partial charge in [-0.3, -0.25) is 20.4 Å². The first kappa shape index (κ1) is 13.2. The molecule has 0 radical (unpaired) electrons. The Morgan fingerprint density at radius 3 is 2.76 bits per heavy atom. The highest BCUT2D eigenvalue weighted by atomic mass is 16.6. The fourth-order valence-electron chi connectivity index (χ4n) is 1.21. The minimum Gasteiger partial charge on any atom is -0.487 e. The number of hydrogen-bond donors (Lipinski definition) is 1. The lowest BCUT2D eigenvalue weighted by atomic mass is 10.2. The number of nitrogens with one attached hydrogen (secondary N) is 1. The number of benzene rings is 1. The predicted molar refractivity (Wildman–Crippen MR) is 64.1 cm³/mol. The molecule has 1 rings (SSSR count). The molecule has 0 atom stereocenters. The van der Waals surface area contributed by atoms with Crippen LogP contribution < -0.4 is 10.2 Å². The minimum absolute atomic E-state index is 0.0665. The highest BCUT2D eigenvalue weighted by Crippen LogP contribution is 2.30. The van der Waals surface area contributed by atoms with Crippen molar-refractivity contribution in [2.24, 2.45) is 0 Å². The largest absolute Gasteiger partial charge is 0.487 e. The zero-order valence-electron chi connectivity index (χ0n) is 9.93. The lowest BCUT2D eigenvalue weighted by molar-refractivity contribution is -0.385. The molecule has 0 amide bonds. The highest BCUT2D eigenvalue weighted by molar-refractivity contribution is 5.57. The molecule has 1 N–H and O–H groups in total. The SMILES string of the molecule is CCCOc1ccc(NOCC)cc1[N+](=O)[O-]. The van der Waals surface area contributed by atoms with Gasteiger partial charge in [0.25, 0.3) is 0 Å². The third-order valence-electron chi connectivity index (χ3n) is 1.95. The van der Waals surface area contributed by atoms with E-state index in [4.69, 9.17) is 9.57 Å². The molecule has 0 fully saturated rings. The van der Waals surface area contributed by atoms with Crippen LogP contribution in [0, 0.1) is 10.1 Å². The number of rotatable bonds is 7. The second-order valence-electron chi connectivity index (χ2n) is 3.32. The van der Waals surface area contributed by atoms with Gasteiger partial charge in [0.15, 0.2) is 5.75 Å². The van der Waals surface area contributed by atoms with Gasteiger partial charge in [-0.25, -0.2) is 0 Å². The van der Waals surface area contributed by atoms with Gasteiger partial charge in [-0.2, -0.15) is 0 Å². The van der Waals surface area contributed by atoms with Crippen LogP contribution in [0.3, 0.4) is 0 Å². The maximum absolute atomic E-state index is 10.9. The second kappa shape index (κ2) is 6.70. The Hall–Kier alpha value is -1.82. The van der Waals surface area contributed by atoms with Crippen molar-refractivity contribution in [1.82, 2.24) is 0 Å². The standard InChI is InChI=1S/C11H16N2O4/c1-3-7-16-11-6-5-9(12-17-4-2)8-10(11)13(14)15/h5-6,8,12H,3-4,7H2,1-2H3. The smallest absolute Gasteiger partial charge is 0.313 e. The summed E-state index contributed by atoms with van der Waals surface area (Å²) in [4.78, 5) is 15.4. The number of anilines is 1. The van der Waals surface area contributed by atoms with E-state index in [2.05, 4.69) is 5.48 Å². The molecule has 0 aromatic heterocycles. The summed E-state index contributed by atoms with van der Waals surface area (Å²) in [6, 6.07) is 4.63. The Morgan fingerprint density at radius 1 is 1.41 bits per heavy atom. The summed E-state index contributed by atoms with van der Waals surface area (Å²) < 4.78 is 5.30. The lowest BCUT2D eigenvalue weighted by Gasteiger charge is -2.08. The van der Waals surface area contributed by atoms with E-state index in [1.165, 1.54) is 6.07 Å². The fourth-order valence-corrected chi connectivity index (χ4v) is 1.21. The predicted octanol–water partition coefficient (Wildman–Crippen LogP) is 2.75. The first-order chi connectivity index (χ1) is 8.19. The van der Waals surface area contributed by atoms with Crippen LogP contribution >= 0.6 is 0 Å². The molecule has 6 nitrogen and oxygen atoms in total. The maximum Gasteiger partial charge on any atom is 0.313 e. The zero-order chi connectivity index (χ0) is 12.7. The zero-order valence-corrected chi connectivity index (χ0v) is 9.93. The average Bonchev–Trinajstić information content (AvgIpc) is 2.34. The normalized spacial score (nSPS) is 10.0. The van der Waals surface area contributed by atoms with E-state index in [9.17, 15) is 10.1 Å². The summed E-state index contributed by atoms with van der Waals surface area (Å²) in [5.74, 6) is 0.277. The molecule has 1 aromatic rings. The molecular weight excluding hydrogens is 224 g/mol. The first-order valence-corrected chi connectivity index (χ1v) is 5.48. The Labute approximate surface area is 99.6 Å². The quantitative estimate of drug-likeness (QED) is 0.586. The summed E-state index contributed by atoms with van der Waals surface area (Å²) in [5.41, 5.74) is 3.08. The van der Waals surface area contributed by atoms with Crippen molar-refractivity contribution in [3.8, 4) is 5.75 Å². The molecule has 0 saturated heterocycles. The molecular formula is C11H16N2O4. The number of ether oxygens (including phenoxy) is 1. The van der Waals surface area contributed by atoms with Crippen molar-refractivity contribution in [2.75, 3.05) is 18.7 Å². The number of nitro benzene ring substituents is 1. The molecule has 17 heavy (non-hydrogen) atoms. The van der Waals surface area contributed by atoms with Gasteiger partial charge in [-0.1, -0.05) is 6.92 Å². The highest BCUT2D eigenvalue weighted by Gasteiger charge is 2.15. The molecule has 0 aliphatic heterocycles. The van der Waals surface area contributed by atoms with Gasteiger partial charge in [-0.15, -0.1) is 0 Å². The van der Waals surface area contributed by atoms with Gasteiger partial charge >= 0.3 is 5.69 Å². The Morgan fingerprint density at radius 2 is 2.18 bits per heavy atom. The van der Waals surface area contributed by atoms with E-state index in [0.717, 1.165) is 6.42 Å². The maximum atomic E-state index is 10.9. The van der Waals surface area contributed by atoms with Gasteiger partial charge in [0.05, 0.1) is 23.8 Å². The molecule has 0 saturated carbocycles. The molecule has 1 aromatic carbocycles. The second-order valence-corrected chi connectivity index (χ2v) is 3.32. The van der Waals surface area contributed by atoms with Crippen LogP contribution in [0.5, 0.6) is 5.75 Å². The molecule has 6 heteroatoms. The van der Waals surface area contributed by atoms with Gasteiger partial charge in [-0.05, 0) is 25.5 Å². The number of hydrogen-bond acceptors (Lipinski definition) is 5. The minimum atomic E-state index is -0.470. The average molecular weight is 240 g/mol. The van der Waals surface area contributed by atoms with Crippen molar-refractivity contribution in [3.63, 3.8) is 0 Å². The molecule has 0 unspecified atom stereocenters. The molecule has 0 bridgehead atoms.